The van der Waals surface area contributed by atoms with Gasteiger partial charge in [0.25, 0.3) is 5.91 Å². The Hall–Kier alpha value is -3.43. The lowest BCUT2D eigenvalue weighted by Gasteiger charge is -2.13. The summed E-state index contributed by atoms with van der Waals surface area (Å²) in [6.45, 7) is 0.257. The number of hydrogen-bond acceptors (Lipinski definition) is 7. The molecule has 1 aliphatic heterocycles. The van der Waals surface area contributed by atoms with Crippen LogP contribution in [0.15, 0.2) is 70.8 Å². The van der Waals surface area contributed by atoms with Crippen LogP contribution in [0.3, 0.4) is 0 Å². The van der Waals surface area contributed by atoms with Gasteiger partial charge in [-0.1, -0.05) is 11.8 Å². The van der Waals surface area contributed by atoms with E-state index in [1.807, 2.05) is 30.3 Å². The van der Waals surface area contributed by atoms with Crippen LogP contribution in [0.2, 0.25) is 0 Å². The fraction of sp³-hybridized carbons (Fsp3) is 0.143. The van der Waals surface area contributed by atoms with Gasteiger partial charge in [-0.05, 0) is 48.0 Å². The lowest BCUT2D eigenvalue weighted by atomic mass is 10.1. The molecule has 3 amide bonds. The molecule has 1 saturated heterocycles. The highest BCUT2D eigenvalue weighted by Gasteiger charge is 2.32. The molecule has 0 spiro atoms. The molecule has 4 rings (SSSR count). The van der Waals surface area contributed by atoms with Crippen molar-refractivity contribution in [2.45, 2.75) is 29.0 Å². The quantitative estimate of drug-likeness (QED) is 0.502. The van der Waals surface area contributed by atoms with Crippen LogP contribution in [0.5, 0.6) is 5.75 Å². The van der Waals surface area contributed by atoms with Crippen LogP contribution in [0.4, 0.5) is 4.79 Å². The number of ether oxygens (including phenoxy) is 1. The van der Waals surface area contributed by atoms with Crippen LogP contribution in [0.1, 0.15) is 22.9 Å². The summed E-state index contributed by atoms with van der Waals surface area (Å²) in [7, 11) is 0. The van der Waals surface area contributed by atoms with Crippen LogP contribution in [-0.4, -0.2) is 27.0 Å². The second-order valence-electron chi connectivity index (χ2n) is 6.48. The molecule has 0 radical (unpaired) electrons. The molecule has 9 heteroatoms. The Morgan fingerprint density at radius 3 is 2.67 bits per heavy atom. The number of amides is 3. The smallest absolute Gasteiger partial charge is 0.322 e. The number of aromatic nitrogens is 2. The normalized spacial score (nSPS) is 15.6. The van der Waals surface area contributed by atoms with E-state index < -0.39 is 12.1 Å². The van der Waals surface area contributed by atoms with Gasteiger partial charge in [0.15, 0.2) is 0 Å². The van der Waals surface area contributed by atoms with Crippen LogP contribution in [-0.2, 0) is 18.0 Å². The van der Waals surface area contributed by atoms with E-state index in [0.29, 0.717) is 23.6 Å². The van der Waals surface area contributed by atoms with Crippen LogP contribution in [0.25, 0.3) is 0 Å². The number of urea groups is 1. The predicted octanol–water partition coefficient (Wildman–Crippen LogP) is 2.58. The number of carbonyl (C=O) groups is 2. The number of benzene rings is 1. The predicted molar refractivity (Wildman–Crippen MR) is 109 cm³/mol. The van der Waals surface area contributed by atoms with E-state index in [0.717, 1.165) is 15.4 Å². The minimum atomic E-state index is -0.727. The van der Waals surface area contributed by atoms with Gasteiger partial charge in [-0.15, -0.1) is 0 Å². The summed E-state index contributed by atoms with van der Waals surface area (Å²) in [5.74, 6) is 0.327. The van der Waals surface area contributed by atoms with E-state index in [2.05, 4.69) is 20.6 Å². The van der Waals surface area contributed by atoms with Gasteiger partial charge in [0.2, 0.25) is 0 Å². The van der Waals surface area contributed by atoms with Crippen molar-refractivity contribution in [2.75, 3.05) is 0 Å². The lowest BCUT2D eigenvalue weighted by Crippen LogP contribution is -2.22. The highest BCUT2D eigenvalue weighted by molar-refractivity contribution is 7.99. The number of pyridine rings is 2. The number of nitrogens with one attached hydrogen (secondary N) is 2. The topological polar surface area (TPSA) is 113 Å². The van der Waals surface area contributed by atoms with Crippen LogP contribution >= 0.6 is 11.8 Å². The zero-order valence-corrected chi connectivity index (χ0v) is 16.6. The molecule has 1 unspecified atom stereocenters. The van der Waals surface area contributed by atoms with Crippen molar-refractivity contribution in [1.82, 2.24) is 20.6 Å². The monoisotopic (exact) mass is 422 g/mol. The Morgan fingerprint density at radius 2 is 1.93 bits per heavy atom. The van der Waals surface area contributed by atoms with Gasteiger partial charge >= 0.3 is 6.03 Å². The summed E-state index contributed by atoms with van der Waals surface area (Å²) >= 11 is 1.45. The van der Waals surface area contributed by atoms with Crippen molar-refractivity contribution in [1.29, 1.82) is 0 Å². The summed E-state index contributed by atoms with van der Waals surface area (Å²) in [5.41, 5.74) is 2.21. The van der Waals surface area contributed by atoms with Gasteiger partial charge in [0.05, 0.1) is 12.3 Å². The lowest BCUT2D eigenvalue weighted by molar-refractivity contribution is -0.120. The Morgan fingerprint density at radius 1 is 1.10 bits per heavy atom. The number of carbonyl (C=O) groups excluding carboxylic acids is 2. The van der Waals surface area contributed by atoms with E-state index in [-0.39, 0.29) is 12.5 Å². The first-order valence-electron chi connectivity index (χ1n) is 9.13. The maximum Gasteiger partial charge on any atom is 0.322 e. The van der Waals surface area contributed by atoms with E-state index >= 15 is 0 Å². The summed E-state index contributed by atoms with van der Waals surface area (Å²) in [6.07, 6.45) is 4.91. The molecule has 3 aromatic rings. The Kier molecular flexibility index (Phi) is 5.92. The fourth-order valence-corrected chi connectivity index (χ4v) is 3.90. The molecule has 1 aliphatic rings. The molecule has 152 valence electrons. The highest BCUT2D eigenvalue weighted by atomic mass is 32.2. The van der Waals surface area contributed by atoms with Crippen LogP contribution < -0.4 is 15.4 Å². The van der Waals surface area contributed by atoms with Crippen molar-refractivity contribution in [2.24, 2.45) is 0 Å². The molecule has 8 nitrogen and oxygen atoms in total. The molecule has 0 bridgehead atoms. The second kappa shape index (κ2) is 8.93. The van der Waals surface area contributed by atoms with Gasteiger partial charge in [0, 0.05) is 33.9 Å². The van der Waals surface area contributed by atoms with E-state index in [4.69, 9.17) is 9.84 Å². The first kappa shape index (κ1) is 19.9. The first-order chi connectivity index (χ1) is 14.6. The Balaban J connectivity index is 1.43. The van der Waals surface area contributed by atoms with Crippen LogP contribution in [0, 0.1) is 0 Å². The third-order valence-corrected chi connectivity index (χ3v) is 5.47. The molecule has 2 aromatic heterocycles. The SMILES string of the molecule is O=C1NC(=O)C(c2ccncc2Sc2ccc(OCc3ccnc(CO)c3)cc2)N1. The van der Waals surface area contributed by atoms with Gasteiger partial charge in [-0.2, -0.15) is 0 Å². The molecule has 1 aromatic carbocycles. The van der Waals surface area contributed by atoms with E-state index in [9.17, 15) is 9.59 Å². The second-order valence-corrected chi connectivity index (χ2v) is 7.60. The van der Waals surface area contributed by atoms with E-state index in [1.54, 1.807) is 30.7 Å². The fourth-order valence-electron chi connectivity index (χ4n) is 2.95. The third-order valence-electron chi connectivity index (χ3n) is 4.40. The van der Waals surface area contributed by atoms with Gasteiger partial charge in [-0.3, -0.25) is 20.1 Å². The summed E-state index contributed by atoms with van der Waals surface area (Å²) in [6, 6.07) is 11.7. The number of aliphatic hydroxyl groups is 1. The van der Waals surface area contributed by atoms with Gasteiger partial charge in [-0.25, -0.2) is 4.79 Å². The van der Waals surface area contributed by atoms with Crippen molar-refractivity contribution in [3.05, 3.63) is 77.9 Å². The molecule has 30 heavy (non-hydrogen) atoms. The van der Waals surface area contributed by atoms with Gasteiger partial charge in [0.1, 0.15) is 18.4 Å². The standard InChI is InChI=1S/C21H18N4O4S/c26-11-14-9-13(5-8-23-14)12-29-15-1-3-16(4-2-15)30-18-10-22-7-6-17(18)19-20(27)25-21(28)24-19/h1-10,19,26H,11-12H2,(H2,24,25,27,28). The molecule has 0 aliphatic carbocycles. The maximum absolute atomic E-state index is 12.0. The Labute approximate surface area is 176 Å². The summed E-state index contributed by atoms with van der Waals surface area (Å²) < 4.78 is 5.80. The number of aliphatic hydroxyl groups excluding tert-OH is 1. The molecule has 1 fully saturated rings. The van der Waals surface area contributed by atoms with Crippen molar-refractivity contribution in [3.8, 4) is 5.75 Å². The number of rotatable bonds is 7. The molecule has 3 N–H and O–H groups in total. The van der Waals surface area contributed by atoms with E-state index in [1.165, 1.54) is 11.8 Å². The average molecular weight is 422 g/mol. The molecule has 0 saturated carbocycles. The minimum absolute atomic E-state index is 0.109. The number of hydrogen-bond donors (Lipinski definition) is 3. The zero-order chi connectivity index (χ0) is 20.9. The summed E-state index contributed by atoms with van der Waals surface area (Å²) in [5, 5.41) is 14.0. The maximum atomic E-state index is 12.0. The Bertz CT molecular complexity index is 1070. The van der Waals surface area contributed by atoms with Crippen molar-refractivity contribution in [3.63, 3.8) is 0 Å². The number of imide groups is 1. The largest absolute Gasteiger partial charge is 0.489 e. The van der Waals surface area contributed by atoms with Crippen molar-refractivity contribution < 1.29 is 19.4 Å². The third kappa shape index (κ3) is 4.58. The number of nitrogens with zero attached hydrogens (tertiary/aromatic N) is 2. The highest BCUT2D eigenvalue weighted by Crippen LogP contribution is 2.34. The molecule has 3 heterocycles. The van der Waals surface area contributed by atoms with Crippen molar-refractivity contribution >= 4 is 23.7 Å². The average Bonchev–Trinajstić information content (AvgIpc) is 3.11. The first-order valence-corrected chi connectivity index (χ1v) is 9.94. The minimum Gasteiger partial charge on any atom is -0.489 e. The molecular formula is C21H18N4O4S. The van der Waals surface area contributed by atoms with Gasteiger partial charge < -0.3 is 15.2 Å². The zero-order valence-electron chi connectivity index (χ0n) is 15.7. The molecular weight excluding hydrogens is 404 g/mol. The molecule has 1 atom stereocenters. The summed E-state index contributed by atoms with van der Waals surface area (Å²) in [4.78, 5) is 33.4.